The van der Waals surface area contributed by atoms with Crippen molar-refractivity contribution in [2.45, 2.75) is 145 Å². The number of rotatable bonds is 13. The molecule has 0 bridgehead atoms. The fourth-order valence-corrected chi connectivity index (χ4v) is 13.1. The highest BCUT2D eigenvalue weighted by molar-refractivity contribution is 7.43. The van der Waals surface area contributed by atoms with Crippen molar-refractivity contribution in [3.63, 3.8) is 0 Å². The predicted octanol–water partition coefficient (Wildman–Crippen LogP) is 13.2. The normalized spacial score (nSPS) is 13.0. The van der Waals surface area contributed by atoms with Crippen LogP contribution in [-0.2, 0) is 0 Å². The highest BCUT2D eigenvalue weighted by atomic mass is 29.3. The van der Waals surface area contributed by atoms with Crippen molar-refractivity contribution in [1.29, 1.82) is 0 Å². The fraction of sp³-hybridized carbons (Fsp3) is 0.537. The summed E-state index contributed by atoms with van der Waals surface area (Å²) in [6.45, 7) is 38.1. The Morgan fingerprint density at radius 1 is 0.522 bits per heavy atom. The van der Waals surface area contributed by atoms with E-state index < -0.39 is 15.5 Å². The molecule has 0 aliphatic carbocycles. The first-order valence-electron chi connectivity index (χ1n) is 17.8. The third kappa shape index (κ3) is 7.90. The SMILES string of the molecule is CC(C)c1cccc(C(C)C)c1N=CN(c1c(C(C)C)cccc1C(C)C)[Si](C)(C)[Si](C)(C)Nc1c(C(C)C)cccc1C(C)C. The number of aliphatic imine (C=N–C) groups is 1. The molecule has 0 radical (unpaired) electrons. The summed E-state index contributed by atoms with van der Waals surface area (Å²) in [5, 5.41) is 0. The Hall–Kier alpha value is -2.64. The standard InChI is InChI=1S/C41H65N3Si2/c1-27(2)33-20-17-21-34(28(3)4)39(33)42-26-44(41-37(31(9)10)24-19-25-38(41)32(11)12)46(15,16)45(13,14)43-40-35(29(5)6)22-18-23-36(40)30(7)8/h17-32,43H,1-16H3. The van der Waals surface area contributed by atoms with E-state index in [1.807, 2.05) is 0 Å². The van der Waals surface area contributed by atoms with E-state index in [1.165, 1.54) is 44.8 Å². The maximum Gasteiger partial charge on any atom is 0.169 e. The summed E-state index contributed by atoms with van der Waals surface area (Å²) in [4.78, 5) is 9.90. The van der Waals surface area contributed by atoms with Gasteiger partial charge in [0.2, 0.25) is 0 Å². The van der Waals surface area contributed by atoms with E-state index >= 15 is 0 Å². The molecule has 0 amide bonds. The van der Waals surface area contributed by atoms with E-state index in [-0.39, 0.29) is 0 Å². The van der Waals surface area contributed by atoms with Gasteiger partial charge in [-0.3, -0.25) is 0 Å². The quantitative estimate of drug-likeness (QED) is 0.113. The van der Waals surface area contributed by atoms with Crippen LogP contribution >= 0.6 is 0 Å². The Bertz CT molecular complexity index is 1420. The second-order valence-electron chi connectivity index (χ2n) is 16.2. The zero-order chi connectivity index (χ0) is 34.7. The average molecular weight is 656 g/mol. The number of nitrogens with zero attached hydrogens (tertiary/aromatic N) is 2. The third-order valence-electron chi connectivity index (χ3n) is 10.2. The Morgan fingerprint density at radius 2 is 0.848 bits per heavy atom. The monoisotopic (exact) mass is 655 g/mol. The number of nitrogens with one attached hydrogen (secondary N) is 1. The summed E-state index contributed by atoms with van der Waals surface area (Å²) in [6.07, 6.45) is 2.26. The van der Waals surface area contributed by atoms with Gasteiger partial charge in [0.25, 0.3) is 0 Å². The van der Waals surface area contributed by atoms with Gasteiger partial charge in [0.15, 0.2) is 15.5 Å². The Morgan fingerprint density at radius 3 is 1.20 bits per heavy atom. The minimum absolute atomic E-state index is 0.396. The molecule has 3 nitrogen and oxygen atoms in total. The summed E-state index contributed by atoms with van der Waals surface area (Å²) in [5.74, 6) is 2.49. The van der Waals surface area contributed by atoms with Crippen LogP contribution in [0.2, 0.25) is 26.2 Å². The molecule has 3 aromatic rings. The molecule has 3 rings (SSSR count). The highest BCUT2D eigenvalue weighted by Gasteiger charge is 2.48. The van der Waals surface area contributed by atoms with Gasteiger partial charge in [0, 0.05) is 11.4 Å². The summed E-state index contributed by atoms with van der Waals surface area (Å²) in [7, 11) is -4.46. The highest BCUT2D eigenvalue weighted by Crippen LogP contribution is 2.42. The van der Waals surface area contributed by atoms with Gasteiger partial charge < -0.3 is 9.55 Å². The molecule has 0 atom stereocenters. The van der Waals surface area contributed by atoms with E-state index in [2.05, 4.69) is 180 Å². The molecule has 0 aliphatic rings. The Balaban J connectivity index is 2.38. The van der Waals surface area contributed by atoms with Crippen LogP contribution in [0.3, 0.4) is 0 Å². The number of benzene rings is 3. The van der Waals surface area contributed by atoms with Crippen molar-refractivity contribution >= 4 is 38.9 Å². The molecule has 0 spiro atoms. The first kappa shape index (κ1) is 37.8. The summed E-state index contributed by atoms with van der Waals surface area (Å²) in [6, 6.07) is 20.6. The van der Waals surface area contributed by atoms with Gasteiger partial charge in [-0.2, -0.15) is 0 Å². The second kappa shape index (κ2) is 15.1. The van der Waals surface area contributed by atoms with E-state index in [0.29, 0.717) is 35.5 Å². The van der Waals surface area contributed by atoms with Crippen molar-refractivity contribution < 1.29 is 0 Å². The van der Waals surface area contributed by atoms with Crippen LogP contribution in [0.1, 0.15) is 152 Å². The van der Waals surface area contributed by atoms with Crippen LogP contribution in [0.15, 0.2) is 59.6 Å². The molecule has 3 aromatic carbocycles. The van der Waals surface area contributed by atoms with Crippen LogP contribution in [0, 0.1) is 0 Å². The van der Waals surface area contributed by atoms with Gasteiger partial charge in [-0.05, 0) is 68.9 Å². The minimum Gasteiger partial charge on any atom is -0.411 e. The number of para-hydroxylation sites is 3. The Kier molecular flexibility index (Phi) is 12.4. The predicted molar refractivity (Wildman–Crippen MR) is 213 cm³/mol. The maximum atomic E-state index is 5.53. The molecule has 1 N–H and O–H groups in total. The van der Waals surface area contributed by atoms with E-state index in [4.69, 9.17) is 4.99 Å². The second-order valence-corrected chi connectivity index (χ2v) is 30.8. The number of hydrogen-bond donors (Lipinski definition) is 1. The summed E-state index contributed by atoms with van der Waals surface area (Å²) < 4.78 is 2.71. The lowest BCUT2D eigenvalue weighted by Crippen LogP contribution is -2.70. The fourth-order valence-electron chi connectivity index (χ4n) is 6.51. The summed E-state index contributed by atoms with van der Waals surface area (Å²) in [5.41, 5.74) is 12.2. The van der Waals surface area contributed by atoms with Gasteiger partial charge in [0.05, 0.1) is 12.0 Å². The van der Waals surface area contributed by atoms with Gasteiger partial charge in [-0.1, -0.05) is 164 Å². The Labute approximate surface area is 285 Å². The first-order valence-corrected chi connectivity index (χ1v) is 24.8. The zero-order valence-corrected chi connectivity index (χ0v) is 34.1. The molecule has 5 heteroatoms. The zero-order valence-electron chi connectivity index (χ0n) is 32.1. The lowest BCUT2D eigenvalue weighted by Gasteiger charge is -2.48. The van der Waals surface area contributed by atoms with Crippen LogP contribution in [0.5, 0.6) is 0 Å². The van der Waals surface area contributed by atoms with Gasteiger partial charge in [-0.25, -0.2) is 4.99 Å². The number of hydrogen-bond acceptors (Lipinski definition) is 2. The molecule has 0 saturated carbocycles. The van der Waals surface area contributed by atoms with Crippen molar-refractivity contribution in [3.8, 4) is 0 Å². The third-order valence-corrected chi connectivity index (χ3v) is 25.9. The van der Waals surface area contributed by atoms with Gasteiger partial charge >= 0.3 is 0 Å². The molecular formula is C41H65N3Si2. The van der Waals surface area contributed by atoms with E-state index in [9.17, 15) is 0 Å². The van der Waals surface area contributed by atoms with Crippen LogP contribution < -0.4 is 9.55 Å². The summed E-state index contributed by atoms with van der Waals surface area (Å²) >= 11 is 0. The van der Waals surface area contributed by atoms with E-state index in [1.54, 1.807) is 0 Å². The largest absolute Gasteiger partial charge is 0.411 e. The van der Waals surface area contributed by atoms with Crippen molar-refractivity contribution in [1.82, 2.24) is 0 Å². The molecule has 0 saturated heterocycles. The average Bonchev–Trinajstić information content (AvgIpc) is 2.96. The van der Waals surface area contributed by atoms with Crippen LogP contribution in [0.4, 0.5) is 17.1 Å². The lowest BCUT2D eigenvalue weighted by atomic mass is 9.92. The van der Waals surface area contributed by atoms with E-state index in [0.717, 1.165) is 5.69 Å². The molecule has 0 aromatic heterocycles. The smallest absolute Gasteiger partial charge is 0.169 e. The van der Waals surface area contributed by atoms with Crippen LogP contribution in [-0.4, -0.2) is 21.8 Å². The minimum atomic E-state index is -2.29. The molecular weight excluding hydrogens is 591 g/mol. The topological polar surface area (TPSA) is 27.6 Å². The molecule has 0 aliphatic heterocycles. The molecule has 0 heterocycles. The van der Waals surface area contributed by atoms with Gasteiger partial charge in [-0.15, -0.1) is 0 Å². The number of anilines is 2. The molecule has 0 unspecified atom stereocenters. The molecule has 252 valence electrons. The van der Waals surface area contributed by atoms with Crippen molar-refractivity contribution in [2.24, 2.45) is 4.99 Å². The molecule has 46 heavy (non-hydrogen) atoms. The maximum absolute atomic E-state index is 5.53. The lowest BCUT2D eigenvalue weighted by molar-refractivity contribution is 0.832. The molecule has 0 fully saturated rings. The first-order chi connectivity index (χ1) is 21.3. The van der Waals surface area contributed by atoms with Crippen molar-refractivity contribution in [3.05, 3.63) is 88.0 Å². The van der Waals surface area contributed by atoms with Crippen molar-refractivity contribution in [2.75, 3.05) is 9.55 Å². The van der Waals surface area contributed by atoms with Crippen LogP contribution in [0.25, 0.3) is 0 Å². The van der Waals surface area contributed by atoms with Gasteiger partial charge in [0.1, 0.15) is 0 Å².